The van der Waals surface area contributed by atoms with Gasteiger partial charge in [-0.1, -0.05) is 0 Å². The second kappa shape index (κ2) is 4.04. The molecule has 1 unspecified atom stereocenters. The van der Waals surface area contributed by atoms with Crippen LogP contribution in [0.3, 0.4) is 0 Å². The number of pyridine rings is 1. The van der Waals surface area contributed by atoms with Gasteiger partial charge >= 0.3 is 0 Å². The van der Waals surface area contributed by atoms with E-state index in [4.69, 9.17) is 15.6 Å². The first kappa shape index (κ1) is 9.58. The largest absolute Gasteiger partial charge is 0.396 e. The van der Waals surface area contributed by atoms with Crippen molar-refractivity contribution in [2.45, 2.75) is 25.7 Å². The van der Waals surface area contributed by atoms with Gasteiger partial charge in [0, 0.05) is 30.6 Å². The Bertz CT molecular complexity index is 328. The van der Waals surface area contributed by atoms with Crippen molar-refractivity contribution in [2.24, 2.45) is 5.73 Å². The first-order valence-electron chi connectivity index (χ1n) is 4.72. The first-order chi connectivity index (χ1) is 6.83. The Kier molecular flexibility index (Phi) is 2.77. The van der Waals surface area contributed by atoms with E-state index in [2.05, 4.69) is 4.98 Å². The fraction of sp³-hybridized carbons (Fsp3) is 0.500. The van der Waals surface area contributed by atoms with Crippen LogP contribution in [0.5, 0.6) is 0 Å². The number of nitrogens with two attached hydrogens (primary N) is 1. The lowest BCUT2D eigenvalue weighted by atomic mass is 9.99. The van der Waals surface area contributed by atoms with Gasteiger partial charge in [0.2, 0.25) is 0 Å². The van der Waals surface area contributed by atoms with Gasteiger partial charge in [-0.15, -0.1) is 0 Å². The van der Waals surface area contributed by atoms with Gasteiger partial charge in [-0.3, -0.25) is 4.98 Å². The lowest BCUT2D eigenvalue weighted by molar-refractivity contribution is 0.134. The Labute approximate surface area is 82.7 Å². The van der Waals surface area contributed by atoms with Crippen molar-refractivity contribution in [1.29, 1.82) is 0 Å². The zero-order valence-corrected chi connectivity index (χ0v) is 7.94. The van der Waals surface area contributed by atoms with E-state index in [9.17, 15) is 0 Å². The second-order valence-electron chi connectivity index (χ2n) is 3.48. The van der Waals surface area contributed by atoms with E-state index in [-0.39, 0.29) is 12.6 Å². The molecule has 1 aliphatic heterocycles. The topological polar surface area (TPSA) is 68.4 Å². The van der Waals surface area contributed by atoms with E-state index in [1.807, 2.05) is 6.20 Å². The van der Waals surface area contributed by atoms with Crippen molar-refractivity contribution in [1.82, 2.24) is 4.98 Å². The number of rotatable bonds is 3. The standard InChI is InChI=1S/C10H14N2O2/c11-10(1-2-13)8-4-12-3-7-5-14-6-9(7)8/h3-4,10,13H,1-2,5-6,11H2. The van der Waals surface area contributed by atoms with Crippen LogP contribution < -0.4 is 5.73 Å². The van der Waals surface area contributed by atoms with E-state index >= 15 is 0 Å². The van der Waals surface area contributed by atoms with Crippen LogP contribution in [-0.2, 0) is 18.0 Å². The third-order valence-electron chi connectivity index (χ3n) is 2.52. The third kappa shape index (κ3) is 1.64. The zero-order valence-electron chi connectivity index (χ0n) is 7.94. The van der Waals surface area contributed by atoms with Gasteiger partial charge in [0.1, 0.15) is 0 Å². The maximum Gasteiger partial charge on any atom is 0.0740 e. The minimum absolute atomic E-state index is 0.103. The van der Waals surface area contributed by atoms with Crippen LogP contribution >= 0.6 is 0 Å². The van der Waals surface area contributed by atoms with Gasteiger partial charge in [0.05, 0.1) is 13.2 Å². The summed E-state index contributed by atoms with van der Waals surface area (Å²) in [6, 6.07) is -0.135. The molecule has 0 aromatic carbocycles. The molecule has 0 bridgehead atoms. The number of fused-ring (bicyclic) bond motifs is 1. The highest BCUT2D eigenvalue weighted by Crippen LogP contribution is 2.26. The van der Waals surface area contributed by atoms with E-state index in [0.29, 0.717) is 19.6 Å². The molecule has 2 rings (SSSR count). The van der Waals surface area contributed by atoms with E-state index in [0.717, 1.165) is 16.7 Å². The fourth-order valence-electron chi connectivity index (χ4n) is 1.73. The Morgan fingerprint density at radius 1 is 1.50 bits per heavy atom. The van der Waals surface area contributed by atoms with Gasteiger partial charge in [-0.05, 0) is 17.5 Å². The van der Waals surface area contributed by atoms with Gasteiger partial charge in [-0.2, -0.15) is 0 Å². The third-order valence-corrected chi connectivity index (χ3v) is 2.52. The molecular formula is C10H14N2O2. The lowest BCUT2D eigenvalue weighted by Crippen LogP contribution is -2.14. The molecule has 1 aliphatic rings. The molecule has 1 aromatic heterocycles. The van der Waals surface area contributed by atoms with Crippen molar-refractivity contribution in [3.05, 3.63) is 29.1 Å². The second-order valence-corrected chi connectivity index (χ2v) is 3.48. The van der Waals surface area contributed by atoms with Crippen molar-refractivity contribution < 1.29 is 9.84 Å². The van der Waals surface area contributed by atoms with E-state index in [1.54, 1.807) is 6.20 Å². The molecule has 0 saturated heterocycles. The Balaban J connectivity index is 2.29. The molecule has 1 aromatic rings. The quantitative estimate of drug-likeness (QED) is 0.735. The summed E-state index contributed by atoms with van der Waals surface area (Å²) in [4.78, 5) is 4.12. The summed E-state index contributed by atoms with van der Waals surface area (Å²) < 4.78 is 5.33. The van der Waals surface area contributed by atoms with E-state index in [1.165, 1.54) is 0 Å². The van der Waals surface area contributed by atoms with Crippen LogP contribution in [0, 0.1) is 0 Å². The van der Waals surface area contributed by atoms with Crippen LogP contribution in [0.4, 0.5) is 0 Å². The normalized spacial score (nSPS) is 16.7. The first-order valence-corrected chi connectivity index (χ1v) is 4.72. The summed E-state index contributed by atoms with van der Waals surface area (Å²) >= 11 is 0. The Morgan fingerprint density at radius 3 is 3.14 bits per heavy atom. The van der Waals surface area contributed by atoms with Gasteiger partial charge in [0.15, 0.2) is 0 Å². The molecule has 0 fully saturated rings. The number of nitrogens with zero attached hydrogens (tertiary/aromatic N) is 1. The molecule has 0 saturated carbocycles. The summed E-state index contributed by atoms with van der Waals surface area (Å²) in [5.74, 6) is 0. The van der Waals surface area contributed by atoms with Crippen LogP contribution in [0.15, 0.2) is 12.4 Å². The SMILES string of the molecule is NC(CCO)c1cncc2c1COC2. The minimum Gasteiger partial charge on any atom is -0.396 e. The maximum absolute atomic E-state index is 8.81. The zero-order chi connectivity index (χ0) is 9.97. The highest BCUT2D eigenvalue weighted by molar-refractivity contribution is 5.35. The molecule has 0 radical (unpaired) electrons. The molecule has 3 N–H and O–H groups in total. The lowest BCUT2D eigenvalue weighted by Gasteiger charge is -2.13. The molecule has 0 aliphatic carbocycles. The van der Waals surface area contributed by atoms with Crippen LogP contribution in [-0.4, -0.2) is 16.7 Å². The number of aliphatic hydroxyl groups excluding tert-OH is 1. The molecule has 0 spiro atoms. The fourth-order valence-corrected chi connectivity index (χ4v) is 1.73. The minimum atomic E-state index is -0.135. The average Bonchev–Trinajstić information content (AvgIpc) is 2.65. The number of aromatic nitrogens is 1. The highest BCUT2D eigenvalue weighted by Gasteiger charge is 2.18. The Morgan fingerprint density at radius 2 is 2.36 bits per heavy atom. The van der Waals surface area contributed by atoms with Crippen molar-refractivity contribution >= 4 is 0 Å². The molecule has 76 valence electrons. The predicted molar refractivity (Wildman–Crippen MR) is 51.4 cm³/mol. The number of aliphatic hydroxyl groups is 1. The molecule has 4 heteroatoms. The number of ether oxygens (including phenoxy) is 1. The van der Waals surface area contributed by atoms with Crippen molar-refractivity contribution in [3.8, 4) is 0 Å². The molecule has 0 amide bonds. The van der Waals surface area contributed by atoms with Gasteiger partial charge < -0.3 is 15.6 Å². The molecular weight excluding hydrogens is 180 g/mol. The monoisotopic (exact) mass is 194 g/mol. The van der Waals surface area contributed by atoms with Gasteiger partial charge in [-0.25, -0.2) is 0 Å². The van der Waals surface area contributed by atoms with Crippen LogP contribution in [0.25, 0.3) is 0 Å². The Hall–Kier alpha value is -0.970. The van der Waals surface area contributed by atoms with Crippen molar-refractivity contribution in [3.63, 3.8) is 0 Å². The summed E-state index contributed by atoms with van der Waals surface area (Å²) in [5.41, 5.74) is 9.21. The van der Waals surface area contributed by atoms with Crippen LogP contribution in [0.1, 0.15) is 29.2 Å². The van der Waals surface area contributed by atoms with Gasteiger partial charge in [0.25, 0.3) is 0 Å². The number of hydrogen-bond acceptors (Lipinski definition) is 4. The summed E-state index contributed by atoms with van der Waals surface area (Å²) in [6.07, 6.45) is 4.16. The maximum atomic E-state index is 8.81. The van der Waals surface area contributed by atoms with Crippen molar-refractivity contribution in [2.75, 3.05) is 6.61 Å². The summed E-state index contributed by atoms with van der Waals surface area (Å²) in [7, 11) is 0. The summed E-state index contributed by atoms with van der Waals surface area (Å²) in [5, 5.41) is 8.81. The molecule has 4 nitrogen and oxygen atoms in total. The summed E-state index contributed by atoms with van der Waals surface area (Å²) in [6.45, 7) is 1.35. The molecule has 2 heterocycles. The van der Waals surface area contributed by atoms with E-state index < -0.39 is 0 Å². The highest BCUT2D eigenvalue weighted by atomic mass is 16.5. The molecule has 1 atom stereocenters. The molecule has 14 heavy (non-hydrogen) atoms. The predicted octanol–water partition coefficient (Wildman–Crippen LogP) is 0.494. The smallest absolute Gasteiger partial charge is 0.0740 e. The average molecular weight is 194 g/mol. The van der Waals surface area contributed by atoms with Crippen LogP contribution in [0.2, 0.25) is 0 Å². The number of hydrogen-bond donors (Lipinski definition) is 2.